The summed E-state index contributed by atoms with van der Waals surface area (Å²) in [7, 11) is 1.67. The van der Waals surface area contributed by atoms with Crippen LogP contribution in [0.15, 0.2) is 18.2 Å². The number of benzene rings is 1. The Morgan fingerprint density at radius 1 is 1.26 bits per heavy atom. The molecule has 2 rings (SSSR count). The summed E-state index contributed by atoms with van der Waals surface area (Å²) >= 11 is 0. The van der Waals surface area contributed by atoms with Gasteiger partial charge in [-0.05, 0) is 36.5 Å². The van der Waals surface area contributed by atoms with Crippen LogP contribution in [-0.2, 0) is 17.9 Å². The average Bonchev–Trinajstić information content (AvgIpc) is 2.46. The fraction of sp³-hybridized carbons (Fsp3) is 0.625. The Morgan fingerprint density at radius 2 is 2.05 bits per heavy atom. The lowest BCUT2D eigenvalue weighted by Crippen LogP contribution is -2.25. The molecule has 0 aliphatic heterocycles. The van der Waals surface area contributed by atoms with Gasteiger partial charge >= 0.3 is 0 Å². The molecule has 0 heterocycles. The van der Waals surface area contributed by atoms with Crippen molar-refractivity contribution >= 4 is 0 Å². The van der Waals surface area contributed by atoms with Crippen molar-refractivity contribution in [2.24, 2.45) is 11.7 Å². The van der Waals surface area contributed by atoms with Gasteiger partial charge in [0.2, 0.25) is 0 Å². The van der Waals surface area contributed by atoms with Crippen molar-refractivity contribution in [3.05, 3.63) is 29.3 Å². The van der Waals surface area contributed by atoms with Crippen LogP contribution in [-0.4, -0.2) is 13.2 Å². The zero-order valence-electron chi connectivity index (χ0n) is 12.0. The summed E-state index contributed by atoms with van der Waals surface area (Å²) in [6.07, 6.45) is 5.55. The van der Waals surface area contributed by atoms with Gasteiger partial charge in [0.25, 0.3) is 0 Å². The fourth-order valence-corrected chi connectivity index (χ4v) is 2.81. The molecule has 1 saturated carbocycles. The SMILES string of the molecule is COc1ccc(COC2CCCCC2C)cc1CN. The Bertz CT molecular complexity index is 406. The minimum absolute atomic E-state index is 0.414. The van der Waals surface area contributed by atoms with Crippen LogP contribution in [0, 0.1) is 5.92 Å². The molecule has 1 aliphatic rings. The minimum atomic E-state index is 0.414. The predicted molar refractivity (Wildman–Crippen MR) is 77.1 cm³/mol. The maximum Gasteiger partial charge on any atom is 0.123 e. The molecule has 0 amide bonds. The summed E-state index contributed by atoms with van der Waals surface area (Å²) in [6.45, 7) is 3.46. The lowest BCUT2D eigenvalue weighted by molar-refractivity contribution is -0.0154. The van der Waals surface area contributed by atoms with E-state index in [0.717, 1.165) is 11.3 Å². The molecule has 19 heavy (non-hydrogen) atoms. The van der Waals surface area contributed by atoms with Crippen LogP contribution in [0.2, 0.25) is 0 Å². The van der Waals surface area contributed by atoms with Gasteiger partial charge in [0.1, 0.15) is 5.75 Å². The Morgan fingerprint density at radius 3 is 2.74 bits per heavy atom. The summed E-state index contributed by atoms with van der Waals surface area (Å²) in [6, 6.07) is 6.13. The molecule has 2 N–H and O–H groups in total. The molecular weight excluding hydrogens is 238 g/mol. The zero-order valence-corrected chi connectivity index (χ0v) is 12.0. The van der Waals surface area contributed by atoms with E-state index >= 15 is 0 Å². The number of hydrogen-bond donors (Lipinski definition) is 1. The summed E-state index contributed by atoms with van der Waals surface area (Å²) < 4.78 is 11.4. The molecule has 1 aromatic rings. The third kappa shape index (κ3) is 3.71. The maximum absolute atomic E-state index is 6.07. The van der Waals surface area contributed by atoms with Crippen molar-refractivity contribution in [3.8, 4) is 5.75 Å². The van der Waals surface area contributed by atoms with Crippen molar-refractivity contribution in [1.82, 2.24) is 0 Å². The van der Waals surface area contributed by atoms with Gasteiger partial charge in [-0.25, -0.2) is 0 Å². The Balaban J connectivity index is 1.95. The molecule has 3 heteroatoms. The zero-order chi connectivity index (χ0) is 13.7. The number of rotatable bonds is 5. The lowest BCUT2D eigenvalue weighted by Gasteiger charge is -2.28. The lowest BCUT2D eigenvalue weighted by atomic mass is 9.88. The number of methoxy groups -OCH3 is 1. The number of hydrogen-bond acceptors (Lipinski definition) is 3. The molecule has 1 aromatic carbocycles. The van der Waals surface area contributed by atoms with E-state index in [1.54, 1.807) is 7.11 Å². The first-order chi connectivity index (χ1) is 9.24. The summed E-state index contributed by atoms with van der Waals surface area (Å²) in [5.74, 6) is 1.54. The van der Waals surface area contributed by atoms with E-state index in [2.05, 4.69) is 19.1 Å². The highest BCUT2D eigenvalue weighted by atomic mass is 16.5. The summed E-state index contributed by atoms with van der Waals surface area (Å²) in [5.41, 5.74) is 7.96. The van der Waals surface area contributed by atoms with E-state index in [1.807, 2.05) is 6.07 Å². The van der Waals surface area contributed by atoms with Crippen LogP contribution in [0.5, 0.6) is 5.75 Å². The molecular formula is C16H25NO2. The van der Waals surface area contributed by atoms with E-state index in [4.69, 9.17) is 15.2 Å². The molecule has 1 fully saturated rings. The second-order valence-corrected chi connectivity index (χ2v) is 5.46. The van der Waals surface area contributed by atoms with Crippen LogP contribution in [0.25, 0.3) is 0 Å². The molecule has 2 atom stereocenters. The van der Waals surface area contributed by atoms with Crippen LogP contribution < -0.4 is 10.5 Å². The largest absolute Gasteiger partial charge is 0.496 e. The molecule has 2 unspecified atom stereocenters. The molecule has 106 valence electrons. The van der Waals surface area contributed by atoms with Crippen LogP contribution in [0.3, 0.4) is 0 Å². The highest BCUT2D eigenvalue weighted by Gasteiger charge is 2.21. The van der Waals surface area contributed by atoms with E-state index in [0.29, 0.717) is 25.2 Å². The van der Waals surface area contributed by atoms with Crippen molar-refractivity contribution in [3.63, 3.8) is 0 Å². The van der Waals surface area contributed by atoms with Gasteiger partial charge in [0, 0.05) is 12.1 Å². The van der Waals surface area contributed by atoms with Crippen LogP contribution in [0.4, 0.5) is 0 Å². The van der Waals surface area contributed by atoms with Crippen LogP contribution >= 0.6 is 0 Å². The minimum Gasteiger partial charge on any atom is -0.496 e. The third-order valence-electron chi connectivity index (χ3n) is 4.06. The molecule has 0 bridgehead atoms. The fourth-order valence-electron chi connectivity index (χ4n) is 2.81. The van der Waals surface area contributed by atoms with Gasteiger partial charge in [-0.3, -0.25) is 0 Å². The van der Waals surface area contributed by atoms with Crippen molar-refractivity contribution < 1.29 is 9.47 Å². The predicted octanol–water partition coefficient (Wildman–Crippen LogP) is 3.25. The van der Waals surface area contributed by atoms with Gasteiger partial charge in [-0.15, -0.1) is 0 Å². The van der Waals surface area contributed by atoms with Gasteiger partial charge in [0.05, 0.1) is 19.8 Å². The van der Waals surface area contributed by atoms with Gasteiger partial charge < -0.3 is 15.2 Å². The van der Waals surface area contributed by atoms with Crippen molar-refractivity contribution in [1.29, 1.82) is 0 Å². The molecule has 0 spiro atoms. The molecule has 3 nitrogen and oxygen atoms in total. The Kier molecular flexibility index (Phi) is 5.23. The second kappa shape index (κ2) is 6.92. The highest BCUT2D eigenvalue weighted by molar-refractivity contribution is 5.36. The normalized spacial score (nSPS) is 23.3. The first-order valence-corrected chi connectivity index (χ1v) is 7.22. The summed E-state index contributed by atoms with van der Waals surface area (Å²) in [4.78, 5) is 0. The Labute approximate surface area is 116 Å². The molecule has 0 saturated heterocycles. The quantitative estimate of drug-likeness (QED) is 0.887. The first-order valence-electron chi connectivity index (χ1n) is 7.22. The highest BCUT2D eigenvalue weighted by Crippen LogP contribution is 2.27. The average molecular weight is 263 g/mol. The first kappa shape index (κ1) is 14.4. The molecule has 1 aliphatic carbocycles. The molecule has 0 aromatic heterocycles. The van der Waals surface area contributed by atoms with Gasteiger partial charge in [-0.1, -0.05) is 25.8 Å². The van der Waals surface area contributed by atoms with Crippen molar-refractivity contribution in [2.75, 3.05) is 7.11 Å². The van der Waals surface area contributed by atoms with E-state index in [1.165, 1.54) is 31.2 Å². The monoisotopic (exact) mass is 263 g/mol. The standard InChI is InChI=1S/C16H25NO2/c1-12-5-3-4-6-15(12)19-11-13-7-8-16(18-2)14(9-13)10-17/h7-9,12,15H,3-6,10-11,17H2,1-2H3. The van der Waals surface area contributed by atoms with Crippen molar-refractivity contribution in [2.45, 2.75) is 51.9 Å². The van der Waals surface area contributed by atoms with E-state index in [-0.39, 0.29) is 0 Å². The van der Waals surface area contributed by atoms with Gasteiger partial charge in [0.15, 0.2) is 0 Å². The number of nitrogens with two attached hydrogens (primary N) is 1. The number of ether oxygens (including phenoxy) is 2. The van der Waals surface area contributed by atoms with E-state index < -0.39 is 0 Å². The Hall–Kier alpha value is -1.06. The molecule has 0 radical (unpaired) electrons. The third-order valence-corrected chi connectivity index (χ3v) is 4.06. The second-order valence-electron chi connectivity index (χ2n) is 5.46. The van der Waals surface area contributed by atoms with Crippen LogP contribution in [0.1, 0.15) is 43.7 Å². The smallest absolute Gasteiger partial charge is 0.123 e. The van der Waals surface area contributed by atoms with Gasteiger partial charge in [-0.2, -0.15) is 0 Å². The topological polar surface area (TPSA) is 44.5 Å². The maximum atomic E-state index is 6.07. The van der Waals surface area contributed by atoms with E-state index in [9.17, 15) is 0 Å². The summed E-state index contributed by atoms with van der Waals surface area (Å²) in [5, 5.41) is 0.